The zero-order valence-corrected chi connectivity index (χ0v) is 10.7. The van der Waals surface area contributed by atoms with E-state index in [1.54, 1.807) is 6.33 Å². The van der Waals surface area contributed by atoms with Gasteiger partial charge in [-0.2, -0.15) is 0 Å². The van der Waals surface area contributed by atoms with Gasteiger partial charge in [0.05, 0.1) is 5.02 Å². The van der Waals surface area contributed by atoms with Gasteiger partial charge < -0.3 is 4.57 Å². The molecule has 1 aliphatic carbocycles. The first-order valence-corrected chi connectivity index (χ1v) is 6.28. The van der Waals surface area contributed by atoms with E-state index < -0.39 is 0 Å². The second-order valence-electron chi connectivity index (χ2n) is 3.92. The van der Waals surface area contributed by atoms with Crippen molar-refractivity contribution in [2.24, 2.45) is 0 Å². The molecule has 1 fully saturated rings. The van der Waals surface area contributed by atoms with Gasteiger partial charge in [0, 0.05) is 16.1 Å². The molecule has 0 saturated heterocycles. The zero-order chi connectivity index (χ0) is 11.1. The molecule has 0 N–H and O–H groups in total. The van der Waals surface area contributed by atoms with Crippen LogP contribution in [0.1, 0.15) is 18.9 Å². The van der Waals surface area contributed by atoms with Crippen LogP contribution >= 0.6 is 27.5 Å². The van der Waals surface area contributed by atoms with Gasteiger partial charge in [0.1, 0.15) is 6.33 Å². The quantitative estimate of drug-likeness (QED) is 0.846. The highest BCUT2D eigenvalue weighted by molar-refractivity contribution is 9.10. The number of halogens is 2. The first-order valence-electron chi connectivity index (χ1n) is 5.10. The lowest BCUT2D eigenvalue weighted by Gasteiger charge is -2.05. The van der Waals surface area contributed by atoms with Crippen LogP contribution in [0.3, 0.4) is 0 Å². The van der Waals surface area contributed by atoms with Gasteiger partial charge in [-0.3, -0.25) is 0 Å². The molecule has 82 valence electrons. The molecule has 1 heterocycles. The normalized spacial score (nSPS) is 15.4. The Bertz CT molecular complexity index is 534. The van der Waals surface area contributed by atoms with Crippen molar-refractivity contribution in [3.05, 3.63) is 34.0 Å². The van der Waals surface area contributed by atoms with Gasteiger partial charge in [0.15, 0.2) is 5.82 Å². The Labute approximate surface area is 107 Å². The van der Waals surface area contributed by atoms with Crippen molar-refractivity contribution in [2.75, 3.05) is 0 Å². The maximum Gasteiger partial charge on any atom is 0.164 e. The Balaban J connectivity index is 2.07. The number of nitrogens with zero attached hydrogens (tertiary/aromatic N) is 3. The van der Waals surface area contributed by atoms with Gasteiger partial charge in [-0.05, 0) is 47.0 Å². The highest BCUT2D eigenvalue weighted by atomic mass is 79.9. The molecular weight excluding hydrogens is 289 g/mol. The fourth-order valence-electron chi connectivity index (χ4n) is 1.70. The highest BCUT2D eigenvalue weighted by Gasteiger charge is 2.26. The molecule has 0 spiro atoms. The van der Waals surface area contributed by atoms with Crippen LogP contribution in [0.15, 0.2) is 29.0 Å². The van der Waals surface area contributed by atoms with E-state index >= 15 is 0 Å². The molecule has 1 aromatic carbocycles. The van der Waals surface area contributed by atoms with E-state index in [0.29, 0.717) is 11.1 Å². The van der Waals surface area contributed by atoms with Crippen molar-refractivity contribution in [1.82, 2.24) is 14.8 Å². The predicted octanol–water partition coefficient (Wildman–Crippen LogP) is 3.70. The first-order chi connectivity index (χ1) is 7.75. The molecule has 1 aromatic heterocycles. The molecule has 0 amide bonds. The van der Waals surface area contributed by atoms with Crippen LogP contribution in [0, 0.1) is 0 Å². The minimum Gasteiger partial charge on any atom is -0.310 e. The molecule has 0 radical (unpaired) electrons. The maximum absolute atomic E-state index is 6.07. The molecule has 0 atom stereocenters. The summed E-state index contributed by atoms with van der Waals surface area (Å²) in [6, 6.07) is 6.42. The number of hydrogen-bond donors (Lipinski definition) is 0. The van der Waals surface area contributed by atoms with E-state index in [1.807, 2.05) is 18.2 Å². The van der Waals surface area contributed by atoms with Gasteiger partial charge in [-0.15, -0.1) is 10.2 Å². The fourth-order valence-corrected chi connectivity index (χ4v) is 2.13. The zero-order valence-electron chi connectivity index (χ0n) is 8.40. The fraction of sp³-hybridized carbons (Fsp3) is 0.273. The molecule has 1 saturated carbocycles. The van der Waals surface area contributed by atoms with Gasteiger partial charge in [-0.1, -0.05) is 11.6 Å². The summed E-state index contributed by atoms with van der Waals surface area (Å²) < 4.78 is 3.02. The second-order valence-corrected chi connectivity index (χ2v) is 5.18. The topological polar surface area (TPSA) is 30.7 Å². The van der Waals surface area contributed by atoms with Crippen molar-refractivity contribution < 1.29 is 0 Å². The maximum atomic E-state index is 6.07. The molecule has 2 aromatic rings. The van der Waals surface area contributed by atoms with Crippen LogP contribution in [-0.4, -0.2) is 14.8 Å². The van der Waals surface area contributed by atoms with E-state index in [4.69, 9.17) is 11.6 Å². The Hall–Kier alpha value is -0.870. The molecule has 3 rings (SSSR count). The third-order valence-electron chi connectivity index (χ3n) is 2.69. The Morgan fingerprint density at radius 2 is 2.19 bits per heavy atom. The van der Waals surface area contributed by atoms with Gasteiger partial charge in [0.25, 0.3) is 0 Å². The molecule has 0 unspecified atom stereocenters. The van der Waals surface area contributed by atoms with Crippen LogP contribution in [0.4, 0.5) is 0 Å². The van der Waals surface area contributed by atoms with Crippen molar-refractivity contribution in [1.29, 1.82) is 0 Å². The van der Waals surface area contributed by atoms with Gasteiger partial charge >= 0.3 is 0 Å². The number of rotatable bonds is 2. The molecular formula is C11H9BrClN3. The minimum absolute atomic E-state index is 0.576. The van der Waals surface area contributed by atoms with Crippen LogP contribution in [0.2, 0.25) is 5.02 Å². The summed E-state index contributed by atoms with van der Waals surface area (Å²) >= 11 is 9.45. The summed E-state index contributed by atoms with van der Waals surface area (Å²) in [5.74, 6) is 0.900. The monoisotopic (exact) mass is 297 g/mol. The highest BCUT2D eigenvalue weighted by Crippen LogP contribution is 2.38. The third-order valence-corrected chi connectivity index (χ3v) is 3.92. The van der Waals surface area contributed by atoms with Crippen LogP contribution < -0.4 is 0 Å². The lowest BCUT2D eigenvalue weighted by molar-refractivity contribution is 0.746. The Morgan fingerprint density at radius 3 is 2.88 bits per heavy atom. The molecule has 0 bridgehead atoms. The summed E-state index contributed by atoms with van der Waals surface area (Å²) in [5, 5.41) is 8.82. The third kappa shape index (κ3) is 1.76. The lowest BCUT2D eigenvalue weighted by Crippen LogP contribution is -1.95. The largest absolute Gasteiger partial charge is 0.310 e. The minimum atomic E-state index is 0.576. The van der Waals surface area contributed by atoms with E-state index in [9.17, 15) is 0 Å². The summed E-state index contributed by atoms with van der Waals surface area (Å²) in [6.07, 6.45) is 4.23. The van der Waals surface area contributed by atoms with Crippen molar-refractivity contribution in [2.45, 2.75) is 18.9 Å². The molecule has 5 heteroatoms. The molecule has 3 nitrogen and oxygen atoms in total. The molecule has 16 heavy (non-hydrogen) atoms. The van der Waals surface area contributed by atoms with Gasteiger partial charge in [-0.25, -0.2) is 0 Å². The van der Waals surface area contributed by atoms with Crippen molar-refractivity contribution in [3.8, 4) is 11.4 Å². The van der Waals surface area contributed by atoms with Crippen molar-refractivity contribution in [3.63, 3.8) is 0 Å². The smallest absolute Gasteiger partial charge is 0.164 e. The Morgan fingerprint density at radius 1 is 1.38 bits per heavy atom. The van der Waals surface area contributed by atoms with Crippen LogP contribution in [0.5, 0.6) is 0 Å². The van der Waals surface area contributed by atoms with E-state index in [0.717, 1.165) is 15.9 Å². The lowest BCUT2D eigenvalue weighted by atomic mass is 10.2. The van der Waals surface area contributed by atoms with E-state index in [2.05, 4.69) is 30.7 Å². The molecule has 1 aliphatic rings. The summed E-state index contributed by atoms with van der Waals surface area (Å²) in [5.41, 5.74) is 1.01. The van der Waals surface area contributed by atoms with E-state index in [-0.39, 0.29) is 0 Å². The van der Waals surface area contributed by atoms with Crippen LogP contribution in [0.25, 0.3) is 11.4 Å². The van der Waals surface area contributed by atoms with Crippen molar-refractivity contribution >= 4 is 27.5 Å². The van der Waals surface area contributed by atoms with Gasteiger partial charge in [0.2, 0.25) is 0 Å². The molecule has 0 aliphatic heterocycles. The summed E-state index contributed by atoms with van der Waals surface area (Å²) in [6.45, 7) is 0. The average Bonchev–Trinajstić information content (AvgIpc) is 3.01. The predicted molar refractivity (Wildman–Crippen MR) is 66.4 cm³/mol. The average molecular weight is 299 g/mol. The number of hydrogen-bond acceptors (Lipinski definition) is 2. The van der Waals surface area contributed by atoms with E-state index in [1.165, 1.54) is 12.8 Å². The Kier molecular flexibility index (Phi) is 2.48. The summed E-state index contributed by atoms with van der Waals surface area (Å²) in [4.78, 5) is 0. The standard InChI is InChI=1S/C11H9BrClN3/c12-9-4-1-7(5-10(9)13)11-15-14-6-16(11)8-2-3-8/h1,4-6,8H,2-3H2. The second kappa shape index (κ2) is 3.86. The first kappa shape index (κ1) is 10.3. The number of benzene rings is 1. The number of aromatic nitrogens is 3. The summed E-state index contributed by atoms with van der Waals surface area (Å²) in [7, 11) is 0. The SMILES string of the molecule is Clc1cc(-c2nncn2C2CC2)ccc1Br. The van der Waals surface area contributed by atoms with Crippen LogP contribution in [-0.2, 0) is 0 Å².